The number of barbiturate groups is 1. The van der Waals surface area contributed by atoms with Crippen molar-refractivity contribution in [2.75, 3.05) is 13.2 Å². The minimum Gasteiger partial charge on any atom is -0.490 e. The Morgan fingerprint density at radius 3 is 2.58 bits per heavy atom. The van der Waals surface area contributed by atoms with E-state index in [9.17, 15) is 19.2 Å². The summed E-state index contributed by atoms with van der Waals surface area (Å²) in [5, 5.41) is 11.1. The molecule has 31 heavy (non-hydrogen) atoms. The average Bonchev–Trinajstić information content (AvgIpc) is 2.71. The molecule has 9 nitrogen and oxygen atoms in total. The van der Waals surface area contributed by atoms with Crippen molar-refractivity contribution in [3.8, 4) is 11.5 Å². The minimum atomic E-state index is -1.14. The predicted molar refractivity (Wildman–Crippen MR) is 114 cm³/mol. The standard InChI is InChI=1S/C21H23BrN2O7/c1-2-30-16-10-12(9-15(22)18(16)31-11-17(25)26)8-14-19(27)23-21(29)24(20(14)28)13-6-4-3-5-7-13/h8-10,13H,2-7,11H2,1H3,(H,25,26)(H,23,27,29). The van der Waals surface area contributed by atoms with Gasteiger partial charge in [0, 0.05) is 6.04 Å². The van der Waals surface area contributed by atoms with Crippen LogP contribution in [0.25, 0.3) is 6.08 Å². The Kier molecular flexibility index (Phi) is 7.32. The highest BCUT2D eigenvalue weighted by atomic mass is 79.9. The number of urea groups is 1. The van der Waals surface area contributed by atoms with Crippen LogP contribution >= 0.6 is 15.9 Å². The summed E-state index contributed by atoms with van der Waals surface area (Å²) in [6.45, 7) is 1.49. The zero-order chi connectivity index (χ0) is 22.5. The second-order valence-electron chi connectivity index (χ2n) is 7.23. The topological polar surface area (TPSA) is 122 Å². The zero-order valence-corrected chi connectivity index (χ0v) is 18.6. The van der Waals surface area contributed by atoms with Crippen molar-refractivity contribution in [1.29, 1.82) is 0 Å². The number of benzene rings is 1. The Hall–Kier alpha value is -2.88. The number of rotatable bonds is 7. The number of nitrogens with zero attached hydrogens (tertiary/aromatic N) is 1. The van der Waals surface area contributed by atoms with Crippen LogP contribution in [-0.4, -0.2) is 53.1 Å². The summed E-state index contributed by atoms with van der Waals surface area (Å²) in [7, 11) is 0. The Balaban J connectivity index is 1.94. The first kappa shape index (κ1) is 22.8. The highest BCUT2D eigenvalue weighted by Crippen LogP contribution is 2.38. The Morgan fingerprint density at radius 1 is 1.23 bits per heavy atom. The van der Waals surface area contributed by atoms with Gasteiger partial charge >= 0.3 is 12.0 Å². The number of halogens is 1. The molecule has 0 spiro atoms. The molecule has 0 radical (unpaired) electrons. The molecule has 2 fully saturated rings. The molecule has 0 aromatic heterocycles. The third kappa shape index (κ3) is 5.25. The molecule has 10 heteroatoms. The first-order valence-corrected chi connectivity index (χ1v) is 10.8. The number of aliphatic carboxylic acids is 1. The Morgan fingerprint density at radius 2 is 1.94 bits per heavy atom. The van der Waals surface area contributed by atoms with Crippen molar-refractivity contribution in [2.24, 2.45) is 0 Å². The monoisotopic (exact) mass is 494 g/mol. The molecule has 1 heterocycles. The van der Waals surface area contributed by atoms with Crippen LogP contribution in [0.2, 0.25) is 0 Å². The number of carbonyl (C=O) groups excluding carboxylic acids is 3. The molecular formula is C21H23BrN2O7. The van der Waals surface area contributed by atoms with Crippen molar-refractivity contribution in [1.82, 2.24) is 10.2 Å². The van der Waals surface area contributed by atoms with E-state index in [1.165, 1.54) is 6.08 Å². The van der Waals surface area contributed by atoms with Crippen LogP contribution in [-0.2, 0) is 14.4 Å². The molecule has 1 saturated heterocycles. The number of carboxylic acids is 1. The van der Waals surface area contributed by atoms with Gasteiger partial charge in [0.25, 0.3) is 11.8 Å². The van der Waals surface area contributed by atoms with Gasteiger partial charge in [-0.15, -0.1) is 0 Å². The van der Waals surface area contributed by atoms with E-state index in [-0.39, 0.29) is 23.1 Å². The smallest absolute Gasteiger partial charge is 0.341 e. The fourth-order valence-electron chi connectivity index (χ4n) is 3.72. The van der Waals surface area contributed by atoms with Gasteiger partial charge < -0.3 is 14.6 Å². The number of ether oxygens (including phenoxy) is 2. The van der Waals surface area contributed by atoms with Gasteiger partial charge in [-0.2, -0.15) is 0 Å². The molecule has 1 aliphatic heterocycles. The van der Waals surface area contributed by atoms with Gasteiger partial charge in [0.1, 0.15) is 5.57 Å². The third-order valence-corrected chi connectivity index (χ3v) is 5.64. The van der Waals surface area contributed by atoms with Crippen molar-refractivity contribution >= 4 is 45.8 Å². The zero-order valence-electron chi connectivity index (χ0n) is 17.0. The molecule has 1 saturated carbocycles. The normalized spacial score (nSPS) is 18.8. The van der Waals surface area contributed by atoms with Crippen LogP contribution in [0.1, 0.15) is 44.6 Å². The van der Waals surface area contributed by atoms with Gasteiger partial charge in [0.15, 0.2) is 18.1 Å². The molecule has 1 aromatic rings. The number of nitrogens with one attached hydrogen (secondary N) is 1. The van der Waals surface area contributed by atoms with Gasteiger partial charge in [-0.25, -0.2) is 9.59 Å². The summed E-state index contributed by atoms with van der Waals surface area (Å²) in [5.74, 6) is -2.07. The number of carboxylic acid groups (broad SMARTS) is 1. The number of carbonyl (C=O) groups is 4. The van der Waals surface area contributed by atoms with E-state index in [0.29, 0.717) is 16.6 Å². The van der Waals surface area contributed by atoms with E-state index in [1.807, 2.05) is 0 Å². The molecule has 0 bridgehead atoms. The van der Waals surface area contributed by atoms with Crippen LogP contribution in [0, 0.1) is 0 Å². The van der Waals surface area contributed by atoms with Crippen molar-refractivity contribution in [3.05, 3.63) is 27.7 Å². The SMILES string of the molecule is CCOc1cc(C=C2C(=O)NC(=O)N(C3CCCCC3)C2=O)cc(Br)c1OCC(=O)O. The molecule has 2 N–H and O–H groups in total. The largest absolute Gasteiger partial charge is 0.490 e. The summed E-state index contributed by atoms with van der Waals surface area (Å²) in [6.07, 6.45) is 5.74. The molecule has 166 valence electrons. The van der Waals surface area contributed by atoms with Crippen LogP contribution in [0.15, 0.2) is 22.2 Å². The third-order valence-electron chi connectivity index (χ3n) is 5.06. The van der Waals surface area contributed by atoms with Crippen LogP contribution in [0.4, 0.5) is 4.79 Å². The lowest BCUT2D eigenvalue weighted by atomic mass is 9.93. The maximum Gasteiger partial charge on any atom is 0.341 e. The molecule has 2 aliphatic rings. The lowest BCUT2D eigenvalue weighted by Crippen LogP contribution is -2.58. The molecule has 3 rings (SSSR count). The second-order valence-corrected chi connectivity index (χ2v) is 8.08. The summed E-state index contributed by atoms with van der Waals surface area (Å²) in [4.78, 5) is 49.8. The second kappa shape index (κ2) is 9.95. The highest BCUT2D eigenvalue weighted by molar-refractivity contribution is 9.10. The predicted octanol–water partition coefficient (Wildman–Crippen LogP) is 3.11. The van der Waals surface area contributed by atoms with Gasteiger partial charge in [0.05, 0.1) is 11.1 Å². The molecule has 0 unspecified atom stereocenters. The summed E-state index contributed by atoms with van der Waals surface area (Å²) < 4.78 is 11.2. The van der Waals surface area contributed by atoms with E-state index in [1.54, 1.807) is 19.1 Å². The first-order valence-electron chi connectivity index (χ1n) is 10.0. The van der Waals surface area contributed by atoms with Gasteiger partial charge in [-0.3, -0.25) is 19.8 Å². The van der Waals surface area contributed by atoms with Gasteiger partial charge in [-0.05, 0) is 59.5 Å². The summed E-state index contributed by atoms with van der Waals surface area (Å²) in [5.41, 5.74) is 0.299. The van der Waals surface area contributed by atoms with E-state index in [2.05, 4.69) is 21.2 Å². The van der Waals surface area contributed by atoms with Gasteiger partial charge in [0.2, 0.25) is 0 Å². The molecule has 0 atom stereocenters. The highest BCUT2D eigenvalue weighted by Gasteiger charge is 2.40. The van der Waals surface area contributed by atoms with E-state index in [0.717, 1.165) is 37.0 Å². The lowest BCUT2D eigenvalue weighted by Gasteiger charge is -2.35. The van der Waals surface area contributed by atoms with E-state index >= 15 is 0 Å². The van der Waals surface area contributed by atoms with Gasteiger partial charge in [-0.1, -0.05) is 19.3 Å². The minimum absolute atomic E-state index is 0.154. The maximum atomic E-state index is 13.0. The average molecular weight is 495 g/mol. The lowest BCUT2D eigenvalue weighted by molar-refractivity contribution is -0.139. The fourth-order valence-corrected chi connectivity index (χ4v) is 4.29. The first-order chi connectivity index (χ1) is 14.8. The summed E-state index contributed by atoms with van der Waals surface area (Å²) >= 11 is 3.32. The number of amides is 4. The van der Waals surface area contributed by atoms with E-state index in [4.69, 9.17) is 14.6 Å². The molecule has 4 amide bonds. The van der Waals surface area contributed by atoms with Crippen molar-refractivity contribution in [2.45, 2.75) is 45.1 Å². The van der Waals surface area contributed by atoms with Crippen molar-refractivity contribution in [3.63, 3.8) is 0 Å². The van der Waals surface area contributed by atoms with Crippen LogP contribution in [0.3, 0.4) is 0 Å². The van der Waals surface area contributed by atoms with Crippen LogP contribution in [0.5, 0.6) is 11.5 Å². The maximum absolute atomic E-state index is 13.0. The number of hydrogen-bond acceptors (Lipinski definition) is 6. The number of imide groups is 2. The summed E-state index contributed by atoms with van der Waals surface area (Å²) in [6, 6.07) is 2.21. The number of hydrogen-bond donors (Lipinski definition) is 2. The van der Waals surface area contributed by atoms with Crippen LogP contribution < -0.4 is 14.8 Å². The Bertz CT molecular complexity index is 938. The molecular weight excluding hydrogens is 472 g/mol. The Labute approximate surface area is 187 Å². The molecule has 1 aromatic carbocycles. The van der Waals surface area contributed by atoms with E-state index < -0.39 is 30.4 Å². The quantitative estimate of drug-likeness (QED) is 0.440. The molecule has 1 aliphatic carbocycles. The van der Waals surface area contributed by atoms with Crippen molar-refractivity contribution < 1.29 is 33.8 Å². The fraction of sp³-hybridized carbons (Fsp3) is 0.429.